The van der Waals surface area contributed by atoms with E-state index in [-0.39, 0.29) is 49.0 Å². The maximum absolute atomic E-state index is 11.6. The van der Waals surface area contributed by atoms with Crippen LogP contribution >= 0.6 is 0 Å². The standard InChI is InChI=1S/C33H48O8/c1-7-27-29(18-28(40-22-35-4)24(3)30(36-5)23(2)19-34)41-33(37-6)32(39-21-26-16-12-9-13-17-26)31(27)38-20-25-14-10-8-11-15-25/h8-17,19,23-24,27-33H,7,18,20-22H2,1-6H3/t23-,24-,27-,28+,29+,30+,31+,32+,33-/m0/s1. The highest BCUT2D eigenvalue weighted by Gasteiger charge is 2.48. The molecule has 1 aliphatic heterocycles. The van der Waals surface area contributed by atoms with Crippen LogP contribution in [0.25, 0.3) is 0 Å². The first-order valence-electron chi connectivity index (χ1n) is 14.5. The number of hydrogen-bond acceptors (Lipinski definition) is 8. The molecule has 1 aliphatic rings. The fourth-order valence-electron chi connectivity index (χ4n) is 5.82. The number of rotatable bonds is 18. The van der Waals surface area contributed by atoms with E-state index in [0.717, 1.165) is 23.8 Å². The maximum Gasteiger partial charge on any atom is 0.186 e. The third-order valence-corrected chi connectivity index (χ3v) is 8.05. The number of carbonyl (C=O) groups excluding carboxylic acids is 1. The monoisotopic (exact) mass is 572 g/mol. The Morgan fingerprint density at radius 3 is 1.95 bits per heavy atom. The molecule has 2 aromatic carbocycles. The zero-order valence-electron chi connectivity index (χ0n) is 25.3. The summed E-state index contributed by atoms with van der Waals surface area (Å²) in [5.41, 5.74) is 2.15. The lowest BCUT2D eigenvalue weighted by Crippen LogP contribution is -2.57. The van der Waals surface area contributed by atoms with Crippen LogP contribution in [0.2, 0.25) is 0 Å². The minimum Gasteiger partial charge on any atom is -0.380 e. The molecule has 41 heavy (non-hydrogen) atoms. The molecule has 8 nitrogen and oxygen atoms in total. The van der Waals surface area contributed by atoms with E-state index in [4.69, 9.17) is 33.2 Å². The van der Waals surface area contributed by atoms with Crippen molar-refractivity contribution in [3.8, 4) is 0 Å². The molecule has 0 aliphatic carbocycles. The minimum absolute atomic E-state index is 0.00350. The molecule has 9 atom stereocenters. The highest BCUT2D eigenvalue weighted by molar-refractivity contribution is 5.53. The van der Waals surface area contributed by atoms with Gasteiger partial charge in [0.15, 0.2) is 6.29 Å². The van der Waals surface area contributed by atoms with Gasteiger partial charge >= 0.3 is 0 Å². The van der Waals surface area contributed by atoms with Crippen LogP contribution < -0.4 is 0 Å². The van der Waals surface area contributed by atoms with Crippen LogP contribution in [-0.2, 0) is 51.2 Å². The van der Waals surface area contributed by atoms with Crippen LogP contribution in [0.15, 0.2) is 60.7 Å². The number of ether oxygens (including phenoxy) is 7. The maximum atomic E-state index is 11.6. The van der Waals surface area contributed by atoms with Crippen LogP contribution in [0, 0.1) is 17.8 Å². The molecule has 0 radical (unpaired) electrons. The first-order chi connectivity index (χ1) is 20.0. The molecule has 0 saturated carbocycles. The van der Waals surface area contributed by atoms with Crippen molar-refractivity contribution < 1.29 is 38.0 Å². The normalized spacial score (nSPS) is 25.8. The molecule has 0 amide bonds. The van der Waals surface area contributed by atoms with Gasteiger partial charge in [0.25, 0.3) is 0 Å². The number of hydrogen-bond donors (Lipinski definition) is 0. The van der Waals surface area contributed by atoms with E-state index >= 15 is 0 Å². The molecule has 0 unspecified atom stereocenters. The molecule has 0 spiro atoms. The summed E-state index contributed by atoms with van der Waals surface area (Å²) in [5.74, 6) is -0.397. The fraction of sp³-hybridized carbons (Fsp3) is 0.606. The van der Waals surface area contributed by atoms with Gasteiger partial charge in [0.2, 0.25) is 0 Å². The topological polar surface area (TPSA) is 81.7 Å². The van der Waals surface area contributed by atoms with E-state index < -0.39 is 12.4 Å². The largest absolute Gasteiger partial charge is 0.380 e. The van der Waals surface area contributed by atoms with Crippen LogP contribution in [0.3, 0.4) is 0 Å². The third kappa shape index (κ3) is 9.41. The second-order valence-electron chi connectivity index (χ2n) is 10.8. The van der Waals surface area contributed by atoms with Gasteiger partial charge in [-0.3, -0.25) is 0 Å². The van der Waals surface area contributed by atoms with E-state index in [1.807, 2.05) is 62.4 Å². The van der Waals surface area contributed by atoms with Crippen molar-refractivity contribution in [2.75, 3.05) is 28.1 Å². The third-order valence-electron chi connectivity index (χ3n) is 8.05. The van der Waals surface area contributed by atoms with Gasteiger partial charge in [-0.1, -0.05) is 81.4 Å². The minimum atomic E-state index is -0.641. The lowest BCUT2D eigenvalue weighted by molar-refractivity contribution is -0.305. The number of aldehydes is 1. The molecule has 0 N–H and O–H groups in total. The smallest absolute Gasteiger partial charge is 0.186 e. The van der Waals surface area contributed by atoms with E-state index in [2.05, 4.69) is 19.1 Å². The predicted molar refractivity (Wildman–Crippen MR) is 156 cm³/mol. The van der Waals surface area contributed by atoms with Crippen molar-refractivity contribution >= 4 is 6.29 Å². The Morgan fingerprint density at radius 2 is 1.46 bits per heavy atom. The van der Waals surface area contributed by atoms with Crippen LogP contribution in [0.5, 0.6) is 0 Å². The van der Waals surface area contributed by atoms with Crippen molar-refractivity contribution in [3.63, 3.8) is 0 Å². The Kier molecular flexibility index (Phi) is 14.4. The summed E-state index contributed by atoms with van der Waals surface area (Å²) < 4.78 is 42.8. The molecular weight excluding hydrogens is 524 g/mol. The lowest BCUT2D eigenvalue weighted by atomic mass is 9.80. The van der Waals surface area contributed by atoms with Crippen molar-refractivity contribution in [2.45, 2.75) is 83.6 Å². The summed E-state index contributed by atoms with van der Waals surface area (Å²) in [6.07, 6.45) is 0.0288. The first-order valence-corrected chi connectivity index (χ1v) is 14.5. The highest BCUT2D eigenvalue weighted by atomic mass is 16.7. The van der Waals surface area contributed by atoms with E-state index in [9.17, 15) is 4.79 Å². The zero-order valence-corrected chi connectivity index (χ0v) is 25.3. The average molecular weight is 573 g/mol. The van der Waals surface area contributed by atoms with Gasteiger partial charge < -0.3 is 38.0 Å². The van der Waals surface area contributed by atoms with Gasteiger partial charge in [0.1, 0.15) is 19.2 Å². The molecule has 0 bridgehead atoms. The quantitative estimate of drug-likeness (QED) is 0.173. The zero-order chi connectivity index (χ0) is 29.6. The van der Waals surface area contributed by atoms with E-state index in [1.165, 1.54) is 0 Å². The molecular formula is C33H48O8. The molecule has 2 aromatic rings. The molecule has 1 saturated heterocycles. The number of methoxy groups -OCH3 is 3. The van der Waals surface area contributed by atoms with Crippen molar-refractivity contribution in [2.24, 2.45) is 17.8 Å². The Balaban J connectivity index is 1.88. The van der Waals surface area contributed by atoms with Gasteiger partial charge in [0, 0.05) is 45.5 Å². The Morgan fingerprint density at radius 1 is 0.878 bits per heavy atom. The van der Waals surface area contributed by atoms with Crippen molar-refractivity contribution in [1.29, 1.82) is 0 Å². The molecule has 1 fully saturated rings. The summed E-state index contributed by atoms with van der Waals surface area (Å²) >= 11 is 0. The van der Waals surface area contributed by atoms with Gasteiger partial charge in [-0.15, -0.1) is 0 Å². The summed E-state index contributed by atoms with van der Waals surface area (Å²) in [6, 6.07) is 20.2. The second kappa shape index (κ2) is 17.7. The number of carbonyl (C=O) groups is 1. The van der Waals surface area contributed by atoms with E-state index in [1.54, 1.807) is 21.3 Å². The Bertz CT molecular complexity index is 974. The van der Waals surface area contributed by atoms with Crippen molar-refractivity contribution in [1.82, 2.24) is 0 Å². The Hall–Kier alpha value is -2.17. The van der Waals surface area contributed by atoms with Gasteiger partial charge in [-0.25, -0.2) is 0 Å². The van der Waals surface area contributed by atoms with Gasteiger partial charge in [-0.05, 0) is 17.5 Å². The fourth-order valence-corrected chi connectivity index (χ4v) is 5.82. The summed E-state index contributed by atoms with van der Waals surface area (Å²) in [6.45, 7) is 7.02. The van der Waals surface area contributed by atoms with E-state index in [0.29, 0.717) is 19.6 Å². The molecule has 1 heterocycles. The SMILES string of the molecule is CC[C@@H]1[C@@H](OCc2ccccc2)[C@@H](OCc2ccccc2)[C@@H](OC)O[C@@H]1C[C@@H](OCOC)[C@H](C)[C@H](OC)[C@@H](C)C=O. The molecule has 228 valence electrons. The van der Waals surface area contributed by atoms with Crippen LogP contribution in [-0.4, -0.2) is 71.2 Å². The molecule has 8 heteroatoms. The average Bonchev–Trinajstić information content (AvgIpc) is 3.01. The lowest BCUT2D eigenvalue weighted by Gasteiger charge is -2.47. The van der Waals surface area contributed by atoms with Gasteiger partial charge in [-0.2, -0.15) is 0 Å². The predicted octanol–water partition coefficient (Wildman–Crippen LogP) is 5.42. The first kappa shape index (κ1) is 33.3. The summed E-state index contributed by atoms with van der Waals surface area (Å²) in [5, 5.41) is 0. The Labute approximate surface area is 245 Å². The summed E-state index contributed by atoms with van der Waals surface area (Å²) in [7, 11) is 4.86. The second-order valence-corrected chi connectivity index (χ2v) is 10.8. The van der Waals surface area contributed by atoms with Crippen molar-refractivity contribution in [3.05, 3.63) is 71.8 Å². The molecule has 0 aromatic heterocycles. The van der Waals surface area contributed by atoms with Gasteiger partial charge in [0.05, 0.1) is 37.6 Å². The number of benzene rings is 2. The highest BCUT2D eigenvalue weighted by Crippen LogP contribution is 2.37. The summed E-state index contributed by atoms with van der Waals surface area (Å²) in [4.78, 5) is 11.6. The molecule has 3 rings (SSSR count). The van der Waals surface area contributed by atoms with Crippen LogP contribution in [0.1, 0.15) is 44.7 Å². The van der Waals surface area contributed by atoms with Crippen LogP contribution in [0.4, 0.5) is 0 Å².